The Morgan fingerprint density at radius 3 is 2.40 bits per heavy atom. The number of carbonyl (C=O) groups is 1. The van der Waals surface area contributed by atoms with Crippen molar-refractivity contribution < 1.29 is 4.79 Å². The summed E-state index contributed by atoms with van der Waals surface area (Å²) >= 11 is 1.28. The predicted molar refractivity (Wildman–Crippen MR) is 81.1 cm³/mol. The highest BCUT2D eigenvalue weighted by atomic mass is 32.2. The summed E-state index contributed by atoms with van der Waals surface area (Å²) in [6.07, 6.45) is 1.19. The summed E-state index contributed by atoms with van der Waals surface area (Å²) in [5.74, 6) is 2.22. The highest BCUT2D eigenvalue weighted by Gasteiger charge is 2.25. The molecule has 1 saturated heterocycles. The van der Waals surface area contributed by atoms with Gasteiger partial charge in [-0.15, -0.1) is 0 Å². The van der Waals surface area contributed by atoms with Crippen molar-refractivity contribution in [2.45, 2.75) is 25.4 Å². The smallest absolute Gasteiger partial charge is 0.233 e. The maximum atomic E-state index is 12.2. The minimum atomic E-state index is 0.123. The number of amides is 1. The fraction of sp³-hybridized carbons (Fsp3) is 0.615. The molecule has 0 saturated carbocycles. The zero-order valence-electron chi connectivity index (χ0n) is 11.9. The Balaban J connectivity index is 1.91. The number of piperidine rings is 1. The Labute approximate surface area is 123 Å². The Kier molecular flexibility index (Phi) is 4.69. The van der Waals surface area contributed by atoms with Gasteiger partial charge in [-0.1, -0.05) is 25.6 Å². The van der Waals surface area contributed by atoms with Gasteiger partial charge in [0.25, 0.3) is 0 Å². The van der Waals surface area contributed by atoms with E-state index in [4.69, 9.17) is 11.5 Å². The van der Waals surface area contributed by atoms with Gasteiger partial charge in [-0.3, -0.25) is 4.79 Å². The molecule has 0 bridgehead atoms. The van der Waals surface area contributed by atoms with Crippen LogP contribution < -0.4 is 11.5 Å². The van der Waals surface area contributed by atoms with Gasteiger partial charge in [-0.05, 0) is 18.3 Å². The lowest BCUT2D eigenvalue weighted by molar-refractivity contribution is -0.130. The number of rotatable bonds is 3. The molecule has 1 fully saturated rings. The zero-order chi connectivity index (χ0) is 14.7. The van der Waals surface area contributed by atoms with Crippen molar-refractivity contribution in [1.82, 2.24) is 14.9 Å². The van der Waals surface area contributed by atoms with Crippen LogP contribution >= 0.6 is 11.8 Å². The molecule has 2 rings (SSSR count). The van der Waals surface area contributed by atoms with Gasteiger partial charge < -0.3 is 16.4 Å². The van der Waals surface area contributed by atoms with E-state index in [1.807, 2.05) is 4.90 Å². The van der Waals surface area contributed by atoms with Crippen LogP contribution in [0.2, 0.25) is 0 Å². The van der Waals surface area contributed by atoms with E-state index in [9.17, 15) is 4.79 Å². The van der Waals surface area contributed by atoms with E-state index < -0.39 is 0 Å². The number of hydrogen-bond donors (Lipinski definition) is 2. The molecule has 4 N–H and O–H groups in total. The maximum absolute atomic E-state index is 12.2. The number of hydrogen-bond acceptors (Lipinski definition) is 6. The molecule has 6 nitrogen and oxygen atoms in total. The summed E-state index contributed by atoms with van der Waals surface area (Å²) in [5, 5.41) is 0.453. The lowest BCUT2D eigenvalue weighted by Gasteiger charge is -2.34. The molecular weight excluding hydrogens is 274 g/mol. The van der Waals surface area contributed by atoms with E-state index in [1.165, 1.54) is 24.2 Å². The predicted octanol–water partition coefficient (Wildman–Crippen LogP) is 1.24. The van der Waals surface area contributed by atoms with E-state index in [2.05, 4.69) is 23.8 Å². The molecule has 0 aliphatic carbocycles. The molecule has 0 unspecified atom stereocenters. The summed E-state index contributed by atoms with van der Waals surface area (Å²) in [6, 6.07) is 1.50. The first kappa shape index (κ1) is 14.9. The van der Waals surface area contributed by atoms with Crippen LogP contribution in [0.15, 0.2) is 11.2 Å². The third-order valence-electron chi connectivity index (χ3n) is 3.29. The highest BCUT2D eigenvalue weighted by Crippen LogP contribution is 2.23. The van der Waals surface area contributed by atoms with Crippen LogP contribution in [-0.4, -0.2) is 39.6 Å². The number of carbonyl (C=O) groups excluding carboxylic acids is 1. The van der Waals surface area contributed by atoms with Crippen LogP contribution in [0.4, 0.5) is 11.6 Å². The Bertz CT molecular complexity index is 465. The summed E-state index contributed by atoms with van der Waals surface area (Å²) in [5.41, 5.74) is 11.2. The molecule has 0 radical (unpaired) electrons. The zero-order valence-corrected chi connectivity index (χ0v) is 12.7. The first-order chi connectivity index (χ1) is 9.44. The standard InChI is InChI=1S/C13H21N5OS/c1-8-3-9(2)6-18(5-8)12(19)7-20-13-16-10(14)4-11(15)17-13/h4,8-9H,3,5-7H2,1-2H3,(H4,14,15,16,17)/t8-,9+. The van der Waals surface area contributed by atoms with Crippen LogP contribution in [0.1, 0.15) is 20.3 Å². The lowest BCUT2D eigenvalue weighted by atomic mass is 9.92. The third-order valence-corrected chi connectivity index (χ3v) is 4.12. The summed E-state index contributed by atoms with van der Waals surface area (Å²) in [4.78, 5) is 22.3. The Morgan fingerprint density at radius 2 is 1.85 bits per heavy atom. The molecule has 1 aliphatic heterocycles. The van der Waals surface area contributed by atoms with Crippen LogP contribution in [0.5, 0.6) is 0 Å². The molecule has 1 aromatic rings. The van der Waals surface area contributed by atoms with Gasteiger partial charge in [0.05, 0.1) is 5.75 Å². The average Bonchev–Trinajstić information content (AvgIpc) is 2.33. The maximum Gasteiger partial charge on any atom is 0.233 e. The Hall–Kier alpha value is -1.50. The second-order valence-electron chi connectivity index (χ2n) is 5.53. The van der Waals surface area contributed by atoms with Crippen molar-refractivity contribution in [2.75, 3.05) is 30.3 Å². The summed E-state index contributed by atoms with van der Waals surface area (Å²) in [7, 11) is 0. The van der Waals surface area contributed by atoms with E-state index in [0.717, 1.165) is 13.1 Å². The largest absolute Gasteiger partial charge is 0.383 e. The van der Waals surface area contributed by atoms with Crippen molar-refractivity contribution in [1.29, 1.82) is 0 Å². The van der Waals surface area contributed by atoms with E-state index in [-0.39, 0.29) is 5.91 Å². The molecule has 7 heteroatoms. The van der Waals surface area contributed by atoms with Crippen molar-refractivity contribution in [3.05, 3.63) is 6.07 Å². The summed E-state index contributed by atoms with van der Waals surface area (Å²) < 4.78 is 0. The average molecular weight is 295 g/mol. The second-order valence-corrected chi connectivity index (χ2v) is 6.48. The fourth-order valence-corrected chi connectivity index (χ4v) is 3.39. The van der Waals surface area contributed by atoms with Crippen LogP contribution in [0.25, 0.3) is 0 Å². The van der Waals surface area contributed by atoms with Gasteiger partial charge >= 0.3 is 0 Å². The van der Waals surface area contributed by atoms with E-state index in [0.29, 0.717) is 34.4 Å². The molecular formula is C13H21N5OS. The molecule has 0 aromatic carbocycles. The van der Waals surface area contributed by atoms with Crippen LogP contribution in [-0.2, 0) is 4.79 Å². The minimum absolute atomic E-state index is 0.123. The number of nitrogens with zero attached hydrogens (tertiary/aromatic N) is 3. The number of aromatic nitrogens is 2. The van der Waals surface area contributed by atoms with E-state index >= 15 is 0 Å². The van der Waals surface area contributed by atoms with Crippen molar-refractivity contribution in [3.63, 3.8) is 0 Å². The van der Waals surface area contributed by atoms with Crippen LogP contribution in [0, 0.1) is 11.8 Å². The molecule has 1 amide bonds. The highest BCUT2D eigenvalue weighted by molar-refractivity contribution is 7.99. The number of nitrogen functional groups attached to an aromatic ring is 2. The number of thioether (sulfide) groups is 1. The van der Waals surface area contributed by atoms with Crippen molar-refractivity contribution in [3.8, 4) is 0 Å². The van der Waals surface area contributed by atoms with Crippen molar-refractivity contribution in [2.24, 2.45) is 11.8 Å². The number of nitrogens with two attached hydrogens (primary N) is 2. The lowest BCUT2D eigenvalue weighted by Crippen LogP contribution is -2.43. The third kappa shape index (κ3) is 4.00. The normalized spacial score (nSPS) is 22.8. The number of likely N-dealkylation sites (tertiary alicyclic amines) is 1. The summed E-state index contributed by atoms with van der Waals surface area (Å²) in [6.45, 7) is 6.04. The van der Waals surface area contributed by atoms with Crippen LogP contribution in [0.3, 0.4) is 0 Å². The molecule has 20 heavy (non-hydrogen) atoms. The molecule has 110 valence electrons. The van der Waals surface area contributed by atoms with Gasteiger partial charge in [0.15, 0.2) is 5.16 Å². The number of anilines is 2. The monoisotopic (exact) mass is 295 g/mol. The van der Waals surface area contributed by atoms with Crippen molar-refractivity contribution >= 4 is 29.3 Å². The first-order valence-corrected chi connectivity index (χ1v) is 7.73. The molecule has 0 spiro atoms. The molecule has 2 atom stereocenters. The fourth-order valence-electron chi connectivity index (χ4n) is 2.61. The minimum Gasteiger partial charge on any atom is -0.383 e. The Morgan fingerprint density at radius 1 is 1.30 bits per heavy atom. The topological polar surface area (TPSA) is 98.1 Å². The van der Waals surface area contributed by atoms with Gasteiger partial charge in [0, 0.05) is 19.2 Å². The molecule has 2 heterocycles. The van der Waals surface area contributed by atoms with Gasteiger partial charge in [-0.25, -0.2) is 9.97 Å². The second kappa shape index (κ2) is 6.30. The van der Waals surface area contributed by atoms with Gasteiger partial charge in [0.1, 0.15) is 11.6 Å². The SMILES string of the molecule is C[C@@H]1C[C@H](C)CN(C(=O)CSc2nc(N)cc(N)n2)C1. The quantitative estimate of drug-likeness (QED) is 0.643. The van der Waals surface area contributed by atoms with Gasteiger partial charge in [0.2, 0.25) is 5.91 Å². The molecule has 1 aliphatic rings. The molecule has 1 aromatic heterocycles. The van der Waals surface area contributed by atoms with E-state index in [1.54, 1.807) is 0 Å². The van der Waals surface area contributed by atoms with Gasteiger partial charge in [-0.2, -0.15) is 0 Å². The first-order valence-electron chi connectivity index (χ1n) is 6.74.